The molecule has 1 saturated heterocycles. The summed E-state index contributed by atoms with van der Waals surface area (Å²) < 4.78 is 45.1. The van der Waals surface area contributed by atoms with Crippen molar-refractivity contribution in [2.45, 2.75) is 25.1 Å². The number of alkyl halides is 3. The van der Waals surface area contributed by atoms with E-state index in [1.807, 2.05) is 0 Å². The predicted molar refractivity (Wildman–Crippen MR) is 99.6 cm³/mol. The molecule has 1 unspecified atom stereocenters. The van der Waals surface area contributed by atoms with Gasteiger partial charge in [-0.05, 0) is 49.2 Å². The van der Waals surface area contributed by atoms with E-state index in [1.165, 1.54) is 17.2 Å². The lowest BCUT2D eigenvalue weighted by Crippen LogP contribution is -2.49. The molecular formula is C20H22F3N3O2. The van der Waals surface area contributed by atoms with Crippen molar-refractivity contribution in [2.75, 3.05) is 32.1 Å². The number of amides is 1. The number of pyridine rings is 1. The Kier molecular flexibility index (Phi) is 5.76. The van der Waals surface area contributed by atoms with E-state index in [1.54, 1.807) is 43.3 Å². The van der Waals surface area contributed by atoms with Gasteiger partial charge < -0.3 is 14.5 Å². The summed E-state index contributed by atoms with van der Waals surface area (Å²) in [6, 6.07) is 8.87. The number of anilines is 1. The van der Waals surface area contributed by atoms with Crippen molar-refractivity contribution < 1.29 is 22.7 Å². The number of carbonyl (C=O) groups excluding carboxylic acids is 1. The van der Waals surface area contributed by atoms with E-state index in [0.717, 1.165) is 6.07 Å². The van der Waals surface area contributed by atoms with Crippen LogP contribution in [0, 0.1) is 0 Å². The molecule has 150 valence electrons. The maximum Gasteiger partial charge on any atom is 0.419 e. The number of carbonyl (C=O) groups is 1. The van der Waals surface area contributed by atoms with Crippen LogP contribution in [0.15, 0.2) is 42.6 Å². The number of rotatable bonds is 4. The maximum atomic E-state index is 13.3. The Morgan fingerprint density at radius 3 is 2.61 bits per heavy atom. The number of hydrogen-bond acceptors (Lipinski definition) is 4. The number of methoxy groups -OCH3 is 1. The molecule has 1 aromatic carbocycles. The molecule has 0 aliphatic carbocycles. The molecule has 0 radical (unpaired) electrons. The van der Waals surface area contributed by atoms with E-state index in [2.05, 4.69) is 4.98 Å². The first-order valence-corrected chi connectivity index (χ1v) is 8.99. The number of likely N-dealkylation sites (N-methyl/N-ethyl adjacent to an activating group) is 1. The summed E-state index contributed by atoms with van der Waals surface area (Å²) in [6.07, 6.45) is -1.73. The van der Waals surface area contributed by atoms with Crippen LogP contribution in [0.3, 0.4) is 0 Å². The molecule has 8 heteroatoms. The van der Waals surface area contributed by atoms with Crippen molar-refractivity contribution in [1.82, 2.24) is 9.88 Å². The molecule has 1 aliphatic heterocycles. The first kappa shape index (κ1) is 20.0. The number of ether oxygens (including phenoxy) is 1. The molecule has 0 N–H and O–H groups in total. The third-order valence-electron chi connectivity index (χ3n) is 4.99. The van der Waals surface area contributed by atoms with E-state index < -0.39 is 11.7 Å². The van der Waals surface area contributed by atoms with Crippen molar-refractivity contribution in [2.24, 2.45) is 0 Å². The molecule has 1 amide bonds. The zero-order valence-corrected chi connectivity index (χ0v) is 15.7. The molecule has 5 nitrogen and oxygen atoms in total. The van der Waals surface area contributed by atoms with Crippen molar-refractivity contribution in [3.63, 3.8) is 0 Å². The average Bonchev–Trinajstić information content (AvgIpc) is 2.72. The van der Waals surface area contributed by atoms with Gasteiger partial charge in [-0.3, -0.25) is 4.79 Å². The molecule has 2 aromatic rings. The number of nitrogens with zero attached hydrogens (tertiary/aromatic N) is 3. The van der Waals surface area contributed by atoms with Crippen LogP contribution in [0.2, 0.25) is 0 Å². The molecule has 1 fully saturated rings. The quantitative estimate of drug-likeness (QED) is 0.792. The first-order valence-electron chi connectivity index (χ1n) is 8.99. The van der Waals surface area contributed by atoms with Gasteiger partial charge in [0, 0.05) is 37.9 Å². The Morgan fingerprint density at radius 1 is 1.25 bits per heavy atom. The number of likely N-dealkylation sites (tertiary alicyclic amines) is 1. The highest BCUT2D eigenvalue weighted by molar-refractivity contribution is 5.94. The van der Waals surface area contributed by atoms with Crippen LogP contribution in [0.4, 0.5) is 19.0 Å². The van der Waals surface area contributed by atoms with Crippen LogP contribution >= 0.6 is 0 Å². The van der Waals surface area contributed by atoms with Gasteiger partial charge in [-0.2, -0.15) is 13.2 Å². The summed E-state index contributed by atoms with van der Waals surface area (Å²) in [5, 5.41) is 0. The van der Waals surface area contributed by atoms with Crippen molar-refractivity contribution in [3.05, 3.63) is 53.7 Å². The smallest absolute Gasteiger partial charge is 0.419 e. The van der Waals surface area contributed by atoms with Crippen LogP contribution in [-0.2, 0) is 6.18 Å². The molecule has 0 spiro atoms. The Morgan fingerprint density at radius 2 is 1.96 bits per heavy atom. The van der Waals surface area contributed by atoms with Gasteiger partial charge in [0.25, 0.3) is 5.91 Å². The summed E-state index contributed by atoms with van der Waals surface area (Å²) >= 11 is 0. The predicted octanol–water partition coefficient (Wildman–Crippen LogP) is 3.85. The minimum absolute atomic E-state index is 0.112. The standard InChI is InChI=1S/C20H22F3N3O2/c1-25(18-17(20(21,22)23)6-3-11-24-18)15-5-4-12-26(13-15)19(27)14-7-9-16(28-2)10-8-14/h3,6-11,15H,4-5,12-13H2,1-2H3. The van der Waals surface area contributed by atoms with E-state index in [4.69, 9.17) is 4.74 Å². The second-order valence-corrected chi connectivity index (χ2v) is 6.76. The third kappa shape index (κ3) is 4.21. The number of aromatic nitrogens is 1. The minimum Gasteiger partial charge on any atom is -0.497 e. The summed E-state index contributed by atoms with van der Waals surface area (Å²) in [5.41, 5.74) is -0.242. The second-order valence-electron chi connectivity index (χ2n) is 6.76. The zero-order chi connectivity index (χ0) is 20.3. The molecule has 28 heavy (non-hydrogen) atoms. The highest BCUT2D eigenvalue weighted by Gasteiger charge is 2.37. The van der Waals surface area contributed by atoms with Gasteiger partial charge in [-0.15, -0.1) is 0 Å². The van der Waals surface area contributed by atoms with Gasteiger partial charge in [0.15, 0.2) is 0 Å². The molecule has 0 bridgehead atoms. The van der Waals surface area contributed by atoms with Crippen LogP contribution in [-0.4, -0.2) is 49.1 Å². The largest absolute Gasteiger partial charge is 0.497 e. The summed E-state index contributed by atoms with van der Waals surface area (Å²) in [4.78, 5) is 20.0. The fraction of sp³-hybridized carbons (Fsp3) is 0.400. The Balaban J connectivity index is 1.77. The number of piperidine rings is 1. The third-order valence-corrected chi connectivity index (χ3v) is 4.99. The van der Waals surface area contributed by atoms with Crippen molar-refractivity contribution >= 4 is 11.7 Å². The van der Waals surface area contributed by atoms with Crippen LogP contribution < -0.4 is 9.64 Å². The van der Waals surface area contributed by atoms with Crippen LogP contribution in [0.1, 0.15) is 28.8 Å². The number of halogens is 3. The molecule has 1 aromatic heterocycles. The van der Waals surface area contributed by atoms with Gasteiger partial charge in [-0.1, -0.05) is 0 Å². The highest BCUT2D eigenvalue weighted by atomic mass is 19.4. The van der Waals surface area contributed by atoms with E-state index in [9.17, 15) is 18.0 Å². The SMILES string of the molecule is COc1ccc(C(=O)N2CCCC(N(C)c3ncccc3C(F)(F)F)C2)cc1. The minimum atomic E-state index is -4.48. The highest BCUT2D eigenvalue weighted by Crippen LogP contribution is 2.36. The zero-order valence-electron chi connectivity index (χ0n) is 15.7. The van der Waals surface area contributed by atoms with Gasteiger partial charge in [-0.25, -0.2) is 4.98 Å². The Labute approximate surface area is 161 Å². The molecule has 2 heterocycles. The van der Waals surface area contributed by atoms with E-state index in [-0.39, 0.29) is 17.8 Å². The molecular weight excluding hydrogens is 371 g/mol. The normalized spacial score (nSPS) is 17.3. The fourth-order valence-corrected chi connectivity index (χ4v) is 3.44. The van der Waals surface area contributed by atoms with Crippen molar-refractivity contribution in [3.8, 4) is 5.75 Å². The number of benzene rings is 1. The lowest BCUT2D eigenvalue weighted by atomic mass is 10.0. The first-order chi connectivity index (χ1) is 13.3. The van der Waals surface area contributed by atoms with Crippen LogP contribution in [0.5, 0.6) is 5.75 Å². The molecule has 1 aliphatic rings. The fourth-order valence-electron chi connectivity index (χ4n) is 3.44. The topological polar surface area (TPSA) is 45.7 Å². The maximum absolute atomic E-state index is 13.3. The number of hydrogen-bond donors (Lipinski definition) is 0. The molecule has 3 rings (SSSR count). The summed E-state index contributed by atoms with van der Waals surface area (Å²) in [5.74, 6) is 0.402. The monoisotopic (exact) mass is 393 g/mol. The summed E-state index contributed by atoms with van der Waals surface area (Å²) in [7, 11) is 3.15. The van der Waals surface area contributed by atoms with Gasteiger partial charge >= 0.3 is 6.18 Å². The van der Waals surface area contributed by atoms with E-state index in [0.29, 0.717) is 37.2 Å². The Hall–Kier alpha value is -2.77. The molecule has 1 atom stereocenters. The average molecular weight is 393 g/mol. The van der Waals surface area contributed by atoms with Crippen LogP contribution in [0.25, 0.3) is 0 Å². The van der Waals surface area contributed by atoms with Crippen molar-refractivity contribution in [1.29, 1.82) is 0 Å². The van der Waals surface area contributed by atoms with Gasteiger partial charge in [0.2, 0.25) is 0 Å². The lowest BCUT2D eigenvalue weighted by molar-refractivity contribution is -0.137. The van der Waals surface area contributed by atoms with E-state index >= 15 is 0 Å². The Bertz CT molecular complexity index is 824. The summed E-state index contributed by atoms with van der Waals surface area (Å²) in [6.45, 7) is 0.915. The van der Waals surface area contributed by atoms with Gasteiger partial charge in [0.05, 0.1) is 12.7 Å². The molecule has 0 saturated carbocycles. The lowest BCUT2D eigenvalue weighted by Gasteiger charge is -2.38. The van der Waals surface area contributed by atoms with Gasteiger partial charge in [0.1, 0.15) is 11.6 Å². The second kappa shape index (κ2) is 8.08.